The molecule has 1 N–H and O–H groups in total. The van der Waals surface area contributed by atoms with Crippen molar-refractivity contribution < 1.29 is 23.7 Å². The molecule has 2 aromatic rings. The van der Waals surface area contributed by atoms with Crippen molar-refractivity contribution in [3.05, 3.63) is 71.8 Å². The van der Waals surface area contributed by atoms with Gasteiger partial charge in [-0.3, -0.25) is 4.79 Å². The zero-order chi connectivity index (χ0) is 23.2. The molecule has 6 nitrogen and oxygen atoms in total. The van der Waals surface area contributed by atoms with Crippen molar-refractivity contribution in [2.75, 3.05) is 20.8 Å². The summed E-state index contributed by atoms with van der Waals surface area (Å²) in [6.45, 7) is 4.81. The van der Waals surface area contributed by atoms with Crippen LogP contribution in [0.2, 0.25) is 0 Å². The molecule has 6 heteroatoms. The van der Waals surface area contributed by atoms with E-state index in [4.69, 9.17) is 18.9 Å². The Morgan fingerprint density at radius 3 is 2.00 bits per heavy atom. The number of unbranched alkanes of at least 4 members (excludes halogenated alkanes) is 1. The second kappa shape index (κ2) is 14.3. The Morgan fingerprint density at radius 1 is 0.938 bits per heavy atom. The number of benzene rings is 2. The second-order valence-corrected chi connectivity index (χ2v) is 7.51. The lowest BCUT2D eigenvalue weighted by Gasteiger charge is -2.26. The van der Waals surface area contributed by atoms with Gasteiger partial charge in [0.05, 0.1) is 46.2 Å². The van der Waals surface area contributed by atoms with Crippen LogP contribution >= 0.6 is 0 Å². The third-order valence-corrected chi connectivity index (χ3v) is 4.89. The molecule has 0 radical (unpaired) electrons. The molecule has 0 bridgehead atoms. The van der Waals surface area contributed by atoms with Crippen LogP contribution in [0.25, 0.3) is 0 Å². The molecule has 0 saturated heterocycles. The number of hydrogen-bond donors (Lipinski definition) is 1. The Kier molecular flexibility index (Phi) is 11.3. The van der Waals surface area contributed by atoms with Crippen molar-refractivity contribution >= 4 is 5.91 Å². The minimum atomic E-state index is -0.316. The number of ether oxygens (including phenoxy) is 4. The zero-order valence-corrected chi connectivity index (χ0v) is 19.5. The number of hydrogen-bond acceptors (Lipinski definition) is 5. The Bertz CT molecular complexity index is 817. The van der Waals surface area contributed by atoms with Gasteiger partial charge in [-0.15, -0.1) is 0 Å². The maximum atomic E-state index is 11.9. The van der Waals surface area contributed by atoms with Crippen LogP contribution in [0.4, 0.5) is 0 Å². The van der Waals surface area contributed by atoms with Gasteiger partial charge in [0, 0.05) is 6.92 Å². The van der Waals surface area contributed by atoms with Gasteiger partial charge < -0.3 is 24.3 Å². The standard InChI is InChI=1S/C26H35NO5/c1-5-6-7-8-26(32-18-22-11-15-24(30-4)16-12-22)25(27-20(2)28)19-31-17-21-9-13-23(29-3)14-10-21/h7-16,25-26H,5-6,17-19H2,1-4H3,(H,27,28)/b8-7+/t25-,26-/m1/s1. The number of rotatable bonds is 14. The molecule has 0 aliphatic rings. The lowest BCUT2D eigenvalue weighted by molar-refractivity contribution is -0.121. The van der Waals surface area contributed by atoms with E-state index in [2.05, 4.69) is 18.3 Å². The van der Waals surface area contributed by atoms with E-state index in [1.807, 2.05) is 54.6 Å². The molecule has 0 fully saturated rings. The minimum absolute atomic E-state index is 0.120. The predicted octanol–water partition coefficient (Wildman–Crippen LogP) is 4.67. The van der Waals surface area contributed by atoms with Gasteiger partial charge in [0.25, 0.3) is 0 Å². The monoisotopic (exact) mass is 441 g/mol. The second-order valence-electron chi connectivity index (χ2n) is 7.51. The molecule has 2 aromatic carbocycles. The highest BCUT2D eigenvalue weighted by atomic mass is 16.5. The number of carbonyl (C=O) groups excluding carboxylic acids is 1. The van der Waals surface area contributed by atoms with E-state index in [0.29, 0.717) is 19.8 Å². The highest BCUT2D eigenvalue weighted by Gasteiger charge is 2.21. The molecular weight excluding hydrogens is 406 g/mol. The molecule has 1 amide bonds. The lowest BCUT2D eigenvalue weighted by Crippen LogP contribution is -2.46. The molecule has 0 aliphatic carbocycles. The van der Waals surface area contributed by atoms with Crippen LogP contribution in [-0.4, -0.2) is 38.9 Å². The van der Waals surface area contributed by atoms with Crippen molar-refractivity contribution in [3.63, 3.8) is 0 Å². The van der Waals surface area contributed by atoms with Crippen molar-refractivity contribution in [2.24, 2.45) is 0 Å². The molecule has 0 unspecified atom stereocenters. The summed E-state index contributed by atoms with van der Waals surface area (Å²) < 4.78 is 22.5. The smallest absolute Gasteiger partial charge is 0.217 e. The van der Waals surface area contributed by atoms with Crippen molar-refractivity contribution in [2.45, 2.75) is 52.0 Å². The van der Waals surface area contributed by atoms with E-state index >= 15 is 0 Å². The first-order valence-electron chi connectivity index (χ1n) is 10.9. The summed E-state index contributed by atoms with van der Waals surface area (Å²) in [4.78, 5) is 11.9. The van der Waals surface area contributed by atoms with Gasteiger partial charge in [-0.05, 0) is 41.8 Å². The molecule has 174 valence electrons. The number of carbonyl (C=O) groups is 1. The molecule has 2 atom stereocenters. The quantitative estimate of drug-likeness (QED) is 0.432. The van der Waals surface area contributed by atoms with Crippen LogP contribution in [0, 0.1) is 0 Å². The molecule has 32 heavy (non-hydrogen) atoms. The van der Waals surface area contributed by atoms with Gasteiger partial charge in [-0.1, -0.05) is 49.8 Å². The summed E-state index contributed by atoms with van der Waals surface area (Å²) in [5.41, 5.74) is 2.06. The number of amides is 1. The van der Waals surface area contributed by atoms with Crippen molar-refractivity contribution in [1.29, 1.82) is 0 Å². The first kappa shape index (κ1) is 25.4. The zero-order valence-electron chi connectivity index (χ0n) is 19.5. The molecule has 0 saturated carbocycles. The van der Waals surface area contributed by atoms with E-state index in [0.717, 1.165) is 35.5 Å². The average Bonchev–Trinajstić information content (AvgIpc) is 2.81. The number of methoxy groups -OCH3 is 2. The summed E-state index contributed by atoms with van der Waals surface area (Å²) in [6, 6.07) is 15.2. The Hall–Kier alpha value is -2.83. The minimum Gasteiger partial charge on any atom is -0.497 e. The fourth-order valence-corrected chi connectivity index (χ4v) is 3.12. The first-order valence-corrected chi connectivity index (χ1v) is 10.9. The topological polar surface area (TPSA) is 66.0 Å². The van der Waals surface area contributed by atoms with Crippen LogP contribution in [0.1, 0.15) is 37.8 Å². The average molecular weight is 442 g/mol. The van der Waals surface area contributed by atoms with Gasteiger partial charge in [-0.2, -0.15) is 0 Å². The van der Waals surface area contributed by atoms with Crippen molar-refractivity contribution in [3.8, 4) is 11.5 Å². The first-order chi connectivity index (χ1) is 15.5. The highest BCUT2D eigenvalue weighted by Crippen LogP contribution is 2.15. The van der Waals surface area contributed by atoms with E-state index in [-0.39, 0.29) is 18.1 Å². The summed E-state index contributed by atoms with van der Waals surface area (Å²) in [6.07, 6.45) is 5.78. The molecule has 0 heterocycles. The SMILES string of the molecule is CCC/C=C/[C@@H](OCc1ccc(OC)cc1)[C@@H](COCc1ccc(OC)cc1)NC(C)=O. The van der Waals surface area contributed by atoms with Crippen molar-refractivity contribution in [1.82, 2.24) is 5.32 Å². The van der Waals surface area contributed by atoms with Crippen LogP contribution in [0.15, 0.2) is 60.7 Å². The summed E-state index contributed by atoms with van der Waals surface area (Å²) in [7, 11) is 3.28. The summed E-state index contributed by atoms with van der Waals surface area (Å²) in [5.74, 6) is 1.49. The third-order valence-electron chi connectivity index (χ3n) is 4.89. The summed E-state index contributed by atoms with van der Waals surface area (Å²) in [5, 5.41) is 2.99. The maximum absolute atomic E-state index is 11.9. The maximum Gasteiger partial charge on any atom is 0.217 e. The Labute approximate surface area is 191 Å². The van der Waals surface area contributed by atoms with Crippen LogP contribution in [-0.2, 0) is 27.5 Å². The molecule has 0 spiro atoms. The highest BCUT2D eigenvalue weighted by molar-refractivity contribution is 5.73. The van der Waals surface area contributed by atoms with Crippen LogP contribution in [0.3, 0.4) is 0 Å². The normalized spacial score (nSPS) is 13.0. The van der Waals surface area contributed by atoms with Gasteiger partial charge in [0.1, 0.15) is 11.5 Å². The van der Waals surface area contributed by atoms with E-state index in [1.54, 1.807) is 14.2 Å². The molecule has 0 aromatic heterocycles. The lowest BCUT2D eigenvalue weighted by atomic mass is 10.1. The van der Waals surface area contributed by atoms with E-state index in [9.17, 15) is 4.79 Å². The van der Waals surface area contributed by atoms with Gasteiger partial charge in [0.2, 0.25) is 5.91 Å². The van der Waals surface area contributed by atoms with E-state index < -0.39 is 0 Å². The van der Waals surface area contributed by atoms with Gasteiger partial charge >= 0.3 is 0 Å². The molecular formula is C26H35NO5. The van der Waals surface area contributed by atoms with Gasteiger partial charge in [-0.25, -0.2) is 0 Å². The summed E-state index contributed by atoms with van der Waals surface area (Å²) >= 11 is 0. The van der Waals surface area contributed by atoms with E-state index in [1.165, 1.54) is 6.92 Å². The molecule has 2 rings (SSSR count). The fourth-order valence-electron chi connectivity index (χ4n) is 3.12. The van der Waals surface area contributed by atoms with Crippen LogP contribution < -0.4 is 14.8 Å². The van der Waals surface area contributed by atoms with Gasteiger partial charge in [0.15, 0.2) is 0 Å². The number of nitrogens with one attached hydrogen (secondary N) is 1. The fraction of sp³-hybridized carbons (Fsp3) is 0.423. The Morgan fingerprint density at radius 2 is 1.50 bits per heavy atom. The number of allylic oxidation sites excluding steroid dienone is 1. The molecule has 0 aliphatic heterocycles. The Balaban J connectivity index is 2.03. The largest absolute Gasteiger partial charge is 0.497 e. The van der Waals surface area contributed by atoms with Crippen LogP contribution in [0.5, 0.6) is 11.5 Å². The predicted molar refractivity (Wildman–Crippen MR) is 126 cm³/mol. The third kappa shape index (κ3) is 9.12.